The van der Waals surface area contributed by atoms with Gasteiger partial charge in [-0.25, -0.2) is 0 Å². The Hall–Kier alpha value is -0.750. The summed E-state index contributed by atoms with van der Waals surface area (Å²) in [5.74, 6) is 0.599. The van der Waals surface area contributed by atoms with E-state index in [-0.39, 0.29) is 17.4 Å². The third kappa shape index (κ3) is 3.74. The van der Waals surface area contributed by atoms with Crippen molar-refractivity contribution in [3.8, 4) is 0 Å². The molecular formula is C18H31N3O2S. The Morgan fingerprint density at radius 3 is 2.50 bits per heavy atom. The zero-order chi connectivity index (χ0) is 17.2. The number of amides is 2. The number of hydrogen-bond donors (Lipinski definition) is 2. The molecule has 3 fully saturated rings. The molecule has 2 amide bonds. The Morgan fingerprint density at radius 1 is 1.21 bits per heavy atom. The summed E-state index contributed by atoms with van der Waals surface area (Å²) in [7, 11) is 0. The standard InChI is InChI=1S/C18H31N3O2S/c1-17(2)16(23)20-14(12-24-17)15(22)19-13-18(8-4-5-9-18)21-10-6-3-7-11-21/h14H,3-13H2,1-2H3,(H,19,22)(H,20,23). The largest absolute Gasteiger partial charge is 0.352 e. The molecule has 2 aliphatic heterocycles. The lowest BCUT2D eigenvalue weighted by atomic mass is 9.92. The average molecular weight is 354 g/mol. The van der Waals surface area contributed by atoms with Gasteiger partial charge in [0, 0.05) is 17.8 Å². The normalized spacial score (nSPS) is 29.9. The molecule has 0 bridgehead atoms. The highest BCUT2D eigenvalue weighted by Gasteiger charge is 2.42. The molecule has 1 atom stereocenters. The Labute approximate surface area is 149 Å². The van der Waals surface area contributed by atoms with E-state index < -0.39 is 10.8 Å². The van der Waals surface area contributed by atoms with Gasteiger partial charge in [0.25, 0.3) is 0 Å². The Morgan fingerprint density at radius 2 is 1.88 bits per heavy atom. The first-order valence-corrected chi connectivity index (χ1v) is 10.4. The molecule has 2 heterocycles. The van der Waals surface area contributed by atoms with Crippen molar-refractivity contribution in [3.05, 3.63) is 0 Å². The molecule has 24 heavy (non-hydrogen) atoms. The van der Waals surface area contributed by atoms with Gasteiger partial charge in [-0.05, 0) is 52.6 Å². The molecule has 3 rings (SSSR count). The van der Waals surface area contributed by atoms with Crippen LogP contribution < -0.4 is 10.6 Å². The van der Waals surface area contributed by atoms with Crippen molar-refractivity contribution in [1.82, 2.24) is 15.5 Å². The third-order valence-electron chi connectivity index (χ3n) is 5.93. The maximum atomic E-state index is 12.6. The van der Waals surface area contributed by atoms with Crippen molar-refractivity contribution < 1.29 is 9.59 Å². The van der Waals surface area contributed by atoms with Crippen LogP contribution in [0.25, 0.3) is 0 Å². The fourth-order valence-corrected chi connectivity index (χ4v) is 5.26. The molecule has 1 aliphatic carbocycles. The topological polar surface area (TPSA) is 61.4 Å². The number of piperidine rings is 1. The van der Waals surface area contributed by atoms with Crippen LogP contribution in [0.15, 0.2) is 0 Å². The number of thioether (sulfide) groups is 1. The molecule has 1 unspecified atom stereocenters. The van der Waals surface area contributed by atoms with Gasteiger partial charge in [0.15, 0.2) is 0 Å². The summed E-state index contributed by atoms with van der Waals surface area (Å²) >= 11 is 1.57. The second-order valence-corrected chi connectivity index (χ2v) is 9.69. The summed E-state index contributed by atoms with van der Waals surface area (Å²) in [6, 6.07) is -0.393. The van der Waals surface area contributed by atoms with Crippen molar-refractivity contribution in [2.75, 3.05) is 25.4 Å². The van der Waals surface area contributed by atoms with Crippen molar-refractivity contribution in [2.24, 2.45) is 0 Å². The minimum atomic E-state index is -0.433. The Bertz CT molecular complexity index is 483. The summed E-state index contributed by atoms with van der Waals surface area (Å²) in [5, 5.41) is 6.06. The highest BCUT2D eigenvalue weighted by Crippen LogP contribution is 2.36. The number of nitrogens with zero attached hydrogens (tertiary/aromatic N) is 1. The minimum absolute atomic E-state index is 0.0189. The maximum absolute atomic E-state index is 12.6. The van der Waals surface area contributed by atoms with Gasteiger partial charge in [-0.15, -0.1) is 11.8 Å². The lowest BCUT2D eigenvalue weighted by Crippen LogP contribution is -2.60. The number of carbonyl (C=O) groups is 2. The molecule has 2 saturated heterocycles. The molecule has 2 N–H and O–H groups in total. The Kier molecular flexibility index (Phi) is 5.45. The van der Waals surface area contributed by atoms with Gasteiger partial charge in [0.2, 0.25) is 11.8 Å². The molecule has 0 aromatic carbocycles. The zero-order valence-electron chi connectivity index (χ0n) is 15.0. The molecule has 0 aromatic heterocycles. The lowest BCUT2D eigenvalue weighted by molar-refractivity contribution is -0.130. The van der Waals surface area contributed by atoms with Crippen molar-refractivity contribution >= 4 is 23.6 Å². The van der Waals surface area contributed by atoms with Gasteiger partial charge >= 0.3 is 0 Å². The third-order valence-corrected chi connectivity index (χ3v) is 7.34. The van der Waals surface area contributed by atoms with Crippen molar-refractivity contribution in [1.29, 1.82) is 0 Å². The summed E-state index contributed by atoms with van der Waals surface area (Å²) in [4.78, 5) is 27.3. The number of nitrogens with one attached hydrogen (secondary N) is 2. The van der Waals surface area contributed by atoms with Crippen molar-refractivity contribution in [2.45, 2.75) is 75.1 Å². The van der Waals surface area contributed by atoms with Crippen LogP contribution in [0.2, 0.25) is 0 Å². The molecule has 1 saturated carbocycles. The van der Waals surface area contributed by atoms with E-state index in [0.717, 1.165) is 6.54 Å². The van der Waals surface area contributed by atoms with Crippen LogP contribution in [0, 0.1) is 0 Å². The van der Waals surface area contributed by atoms with E-state index in [2.05, 4.69) is 15.5 Å². The van der Waals surface area contributed by atoms with Gasteiger partial charge in [-0.2, -0.15) is 0 Å². The van der Waals surface area contributed by atoms with Crippen molar-refractivity contribution in [3.63, 3.8) is 0 Å². The van der Waals surface area contributed by atoms with E-state index in [1.165, 1.54) is 58.0 Å². The molecule has 0 radical (unpaired) electrons. The first-order valence-electron chi connectivity index (χ1n) is 9.41. The first kappa shape index (κ1) is 18.1. The number of rotatable bonds is 4. The van der Waals surface area contributed by atoms with Crippen LogP contribution >= 0.6 is 11.8 Å². The number of likely N-dealkylation sites (tertiary alicyclic amines) is 1. The van der Waals surface area contributed by atoms with Gasteiger partial charge < -0.3 is 10.6 Å². The number of carbonyl (C=O) groups excluding carboxylic acids is 2. The van der Waals surface area contributed by atoms with Gasteiger partial charge in [-0.1, -0.05) is 19.3 Å². The molecule has 6 heteroatoms. The second-order valence-electron chi connectivity index (χ2n) is 8.04. The zero-order valence-corrected chi connectivity index (χ0v) is 15.8. The second kappa shape index (κ2) is 7.24. The van der Waals surface area contributed by atoms with Crippen LogP contribution in [-0.4, -0.2) is 58.4 Å². The van der Waals surface area contributed by atoms with Crippen LogP contribution in [0.3, 0.4) is 0 Å². The average Bonchev–Trinajstić information content (AvgIpc) is 3.06. The molecule has 0 aromatic rings. The predicted molar refractivity (Wildman–Crippen MR) is 98.1 cm³/mol. The number of hydrogen-bond acceptors (Lipinski definition) is 4. The van der Waals surface area contributed by atoms with Gasteiger partial charge in [-0.3, -0.25) is 14.5 Å². The molecule has 3 aliphatic rings. The Balaban J connectivity index is 1.57. The monoisotopic (exact) mass is 353 g/mol. The lowest BCUT2D eigenvalue weighted by Gasteiger charge is -2.44. The van der Waals surface area contributed by atoms with Crippen LogP contribution in [0.1, 0.15) is 58.8 Å². The molecule has 136 valence electrons. The van der Waals surface area contributed by atoms with Crippen LogP contribution in [-0.2, 0) is 9.59 Å². The maximum Gasteiger partial charge on any atom is 0.243 e. The van der Waals surface area contributed by atoms with E-state index in [9.17, 15) is 9.59 Å². The molecular weight excluding hydrogens is 322 g/mol. The fraction of sp³-hybridized carbons (Fsp3) is 0.889. The van der Waals surface area contributed by atoms with Crippen LogP contribution in [0.4, 0.5) is 0 Å². The quantitative estimate of drug-likeness (QED) is 0.810. The summed E-state index contributed by atoms with van der Waals surface area (Å²) in [6.07, 6.45) is 8.78. The van der Waals surface area contributed by atoms with Gasteiger partial charge in [0.1, 0.15) is 6.04 Å². The summed E-state index contributed by atoms with van der Waals surface area (Å²) < 4.78 is -0.433. The van der Waals surface area contributed by atoms with E-state index >= 15 is 0 Å². The molecule has 0 spiro atoms. The first-order chi connectivity index (χ1) is 11.4. The highest BCUT2D eigenvalue weighted by molar-refractivity contribution is 8.01. The van der Waals surface area contributed by atoms with E-state index in [1.54, 1.807) is 11.8 Å². The highest BCUT2D eigenvalue weighted by atomic mass is 32.2. The predicted octanol–water partition coefficient (Wildman–Crippen LogP) is 1.91. The SMILES string of the molecule is CC1(C)SCC(C(=O)NCC2(N3CCCCC3)CCCC2)NC1=O. The van der Waals surface area contributed by atoms with E-state index in [0.29, 0.717) is 5.75 Å². The van der Waals surface area contributed by atoms with E-state index in [1.807, 2.05) is 13.8 Å². The smallest absolute Gasteiger partial charge is 0.243 e. The fourth-order valence-electron chi connectivity index (χ4n) is 4.25. The minimum Gasteiger partial charge on any atom is -0.352 e. The van der Waals surface area contributed by atoms with E-state index in [4.69, 9.17) is 0 Å². The summed E-state index contributed by atoms with van der Waals surface area (Å²) in [6.45, 7) is 6.88. The molecule has 5 nitrogen and oxygen atoms in total. The van der Waals surface area contributed by atoms with Gasteiger partial charge in [0.05, 0.1) is 4.75 Å². The van der Waals surface area contributed by atoms with Crippen LogP contribution in [0.5, 0.6) is 0 Å². The summed E-state index contributed by atoms with van der Waals surface area (Å²) in [5.41, 5.74) is 0.154.